The molecule has 2 rings (SSSR count). The third-order valence-corrected chi connectivity index (χ3v) is 3.81. The Morgan fingerprint density at radius 1 is 1.35 bits per heavy atom. The number of hydrogen-bond acceptors (Lipinski definition) is 3. The second-order valence-corrected chi connectivity index (χ2v) is 5.32. The molecule has 0 unspecified atom stereocenters. The maximum Gasteiger partial charge on any atom is 0.253 e. The molecule has 0 radical (unpaired) electrons. The van der Waals surface area contributed by atoms with E-state index in [4.69, 9.17) is 27.9 Å². The topological polar surface area (TPSA) is 41.9 Å². The van der Waals surface area contributed by atoms with Gasteiger partial charge in [0, 0.05) is 16.1 Å². The van der Waals surface area contributed by atoms with Gasteiger partial charge < -0.3 is 4.74 Å². The van der Waals surface area contributed by atoms with Gasteiger partial charge >= 0.3 is 0 Å². The maximum absolute atomic E-state index is 12.3. The van der Waals surface area contributed by atoms with Crippen LogP contribution in [0.5, 0.6) is 5.75 Å². The van der Waals surface area contributed by atoms with Gasteiger partial charge in [-0.05, 0) is 31.2 Å². The fraction of sp³-hybridized carbons (Fsp3) is 0.176. The lowest BCUT2D eigenvalue weighted by atomic mass is 10.1. The van der Waals surface area contributed by atoms with E-state index in [9.17, 15) is 4.79 Å². The quantitative estimate of drug-likeness (QED) is 0.738. The third-order valence-electron chi connectivity index (χ3n) is 3.24. The van der Waals surface area contributed by atoms with E-state index in [0.717, 1.165) is 5.56 Å². The summed E-state index contributed by atoms with van der Waals surface area (Å²) < 4.78 is 5.32. The molecule has 1 aliphatic rings. The molecule has 4 nitrogen and oxygen atoms in total. The summed E-state index contributed by atoms with van der Waals surface area (Å²) in [5.74, 6) is 0.504. The zero-order valence-corrected chi connectivity index (χ0v) is 14.3. The molecule has 0 aromatic heterocycles. The first-order valence-electron chi connectivity index (χ1n) is 6.94. The summed E-state index contributed by atoms with van der Waals surface area (Å²) in [6, 6.07) is 7.43. The lowest BCUT2D eigenvalue weighted by molar-refractivity contribution is -0.126. The highest BCUT2D eigenvalue weighted by atomic mass is 35.5. The molecule has 1 amide bonds. The number of halogens is 2. The number of benzene rings is 1. The zero-order chi connectivity index (χ0) is 16.8. The van der Waals surface area contributed by atoms with Crippen LogP contribution >= 0.6 is 23.2 Å². The van der Waals surface area contributed by atoms with Crippen LogP contribution in [0, 0.1) is 0 Å². The van der Waals surface area contributed by atoms with Crippen molar-refractivity contribution in [2.75, 3.05) is 7.11 Å². The highest BCUT2D eigenvalue weighted by Gasteiger charge is 2.28. The summed E-state index contributed by atoms with van der Waals surface area (Å²) in [7, 11) is 1.58. The minimum Gasteiger partial charge on any atom is -0.496 e. The number of allylic oxidation sites excluding steroid dienone is 4. The van der Waals surface area contributed by atoms with Crippen LogP contribution < -0.4 is 4.74 Å². The van der Waals surface area contributed by atoms with Gasteiger partial charge in [-0.1, -0.05) is 41.4 Å². The Bertz CT molecular complexity index is 721. The summed E-state index contributed by atoms with van der Waals surface area (Å²) in [5.41, 5.74) is 3.16. The second kappa shape index (κ2) is 7.99. The van der Waals surface area contributed by atoms with Gasteiger partial charge in [-0.25, -0.2) is 0 Å². The van der Waals surface area contributed by atoms with Crippen LogP contribution in [-0.2, 0) is 4.79 Å². The zero-order valence-electron chi connectivity index (χ0n) is 12.8. The number of para-hydroxylation sites is 1. The minimum atomic E-state index is -0.168. The molecule has 0 spiro atoms. The standard InChI is InChI=1S/C17H16Cl2N2O2/c1-3-12(19)8-9-13(11-18)21-17(22)10-15(20-21)14-6-4-5-7-16(14)23-2/h3-9,11H,10H2,1-2H3/b9-8-,12-3+,13-11-. The number of nitrogens with zero attached hydrogens (tertiary/aromatic N) is 2. The van der Waals surface area contributed by atoms with Gasteiger partial charge in [0.25, 0.3) is 5.91 Å². The number of carbonyl (C=O) groups is 1. The predicted octanol–water partition coefficient (Wildman–Crippen LogP) is 4.41. The molecule has 23 heavy (non-hydrogen) atoms. The summed E-state index contributed by atoms with van der Waals surface area (Å²) in [6.07, 6.45) is 5.21. The Kier molecular flexibility index (Phi) is 6.02. The molecule has 1 aromatic rings. The largest absolute Gasteiger partial charge is 0.496 e. The van der Waals surface area contributed by atoms with E-state index < -0.39 is 0 Å². The van der Waals surface area contributed by atoms with E-state index in [0.29, 0.717) is 22.2 Å². The van der Waals surface area contributed by atoms with E-state index in [2.05, 4.69) is 5.10 Å². The van der Waals surface area contributed by atoms with Crippen LogP contribution in [-0.4, -0.2) is 23.7 Å². The molecule has 1 heterocycles. The molecule has 0 aliphatic carbocycles. The number of methoxy groups -OCH3 is 1. The Balaban J connectivity index is 2.32. The Labute approximate surface area is 145 Å². The predicted molar refractivity (Wildman–Crippen MR) is 93.7 cm³/mol. The molecular formula is C17H16Cl2N2O2. The molecular weight excluding hydrogens is 335 g/mol. The molecule has 0 saturated carbocycles. The minimum absolute atomic E-state index is 0.168. The van der Waals surface area contributed by atoms with Crippen molar-refractivity contribution in [1.82, 2.24) is 5.01 Å². The van der Waals surface area contributed by atoms with Crippen molar-refractivity contribution >= 4 is 34.8 Å². The van der Waals surface area contributed by atoms with E-state index in [1.807, 2.05) is 31.2 Å². The van der Waals surface area contributed by atoms with E-state index >= 15 is 0 Å². The highest BCUT2D eigenvalue weighted by Crippen LogP contribution is 2.26. The van der Waals surface area contributed by atoms with Crippen LogP contribution in [0.25, 0.3) is 0 Å². The van der Waals surface area contributed by atoms with Crippen LogP contribution in [0.3, 0.4) is 0 Å². The van der Waals surface area contributed by atoms with Crippen molar-refractivity contribution in [3.8, 4) is 5.75 Å². The Morgan fingerprint density at radius 2 is 2.09 bits per heavy atom. The molecule has 0 N–H and O–H groups in total. The first-order valence-corrected chi connectivity index (χ1v) is 7.76. The molecule has 0 fully saturated rings. The highest BCUT2D eigenvalue weighted by molar-refractivity contribution is 6.31. The SMILES string of the molecule is C\C=C(Cl)/C=C\C(=C\Cl)N1N=C(c2ccccc2OC)CC1=O. The molecule has 120 valence electrons. The Morgan fingerprint density at radius 3 is 2.74 bits per heavy atom. The number of rotatable bonds is 5. The van der Waals surface area contributed by atoms with Gasteiger partial charge in [0.1, 0.15) is 5.75 Å². The van der Waals surface area contributed by atoms with Crippen molar-refractivity contribution in [2.24, 2.45) is 5.10 Å². The third kappa shape index (κ3) is 4.03. The lowest BCUT2D eigenvalue weighted by Crippen LogP contribution is -2.18. The molecule has 0 atom stereocenters. The molecule has 1 aromatic carbocycles. The van der Waals surface area contributed by atoms with Gasteiger partial charge in [0.15, 0.2) is 0 Å². The fourth-order valence-electron chi connectivity index (χ4n) is 2.08. The van der Waals surface area contributed by atoms with E-state index in [1.165, 1.54) is 10.5 Å². The normalized spacial score (nSPS) is 16.3. The Hall–Kier alpha value is -2.04. The summed E-state index contributed by atoms with van der Waals surface area (Å²) in [4.78, 5) is 12.3. The van der Waals surface area contributed by atoms with Crippen LogP contribution in [0.2, 0.25) is 0 Å². The average Bonchev–Trinajstić information content (AvgIpc) is 2.96. The van der Waals surface area contributed by atoms with Crippen molar-refractivity contribution in [2.45, 2.75) is 13.3 Å². The number of amides is 1. The van der Waals surface area contributed by atoms with Crippen LogP contribution in [0.1, 0.15) is 18.9 Å². The first kappa shape index (κ1) is 17.3. The molecule has 0 bridgehead atoms. The smallest absolute Gasteiger partial charge is 0.253 e. The molecule has 1 aliphatic heterocycles. The lowest BCUT2D eigenvalue weighted by Gasteiger charge is -2.11. The van der Waals surface area contributed by atoms with Crippen molar-refractivity contribution in [3.63, 3.8) is 0 Å². The van der Waals surface area contributed by atoms with Gasteiger partial charge in [0.05, 0.1) is 24.9 Å². The summed E-state index contributed by atoms with van der Waals surface area (Å²) in [5, 5.41) is 6.19. The van der Waals surface area contributed by atoms with Crippen LogP contribution in [0.15, 0.2) is 63.9 Å². The average molecular weight is 351 g/mol. The first-order chi connectivity index (χ1) is 11.1. The van der Waals surface area contributed by atoms with Gasteiger partial charge in [-0.3, -0.25) is 4.79 Å². The van der Waals surface area contributed by atoms with Gasteiger partial charge in [-0.15, -0.1) is 0 Å². The van der Waals surface area contributed by atoms with Gasteiger partial charge in [-0.2, -0.15) is 10.1 Å². The van der Waals surface area contributed by atoms with E-state index in [1.54, 1.807) is 25.3 Å². The summed E-state index contributed by atoms with van der Waals surface area (Å²) >= 11 is 11.7. The number of hydrogen-bond donors (Lipinski definition) is 0. The van der Waals surface area contributed by atoms with Crippen molar-refractivity contribution in [1.29, 1.82) is 0 Å². The second-order valence-electron chi connectivity index (χ2n) is 4.67. The van der Waals surface area contributed by atoms with Crippen molar-refractivity contribution < 1.29 is 9.53 Å². The number of hydrazone groups is 1. The number of carbonyl (C=O) groups excluding carboxylic acids is 1. The molecule has 0 saturated heterocycles. The summed E-state index contributed by atoms with van der Waals surface area (Å²) in [6.45, 7) is 1.82. The van der Waals surface area contributed by atoms with Gasteiger partial charge in [0.2, 0.25) is 0 Å². The fourth-order valence-corrected chi connectivity index (χ4v) is 2.31. The maximum atomic E-state index is 12.3. The van der Waals surface area contributed by atoms with Crippen molar-refractivity contribution in [3.05, 3.63) is 64.3 Å². The van der Waals surface area contributed by atoms with E-state index in [-0.39, 0.29) is 12.3 Å². The monoisotopic (exact) mass is 350 g/mol. The van der Waals surface area contributed by atoms with Crippen LogP contribution in [0.4, 0.5) is 0 Å². The molecule has 6 heteroatoms. The number of ether oxygens (including phenoxy) is 1.